The number of halogens is 1. The Morgan fingerprint density at radius 2 is 1.83 bits per heavy atom. The van der Waals surface area contributed by atoms with Gasteiger partial charge in [-0.2, -0.15) is 0 Å². The van der Waals surface area contributed by atoms with Crippen molar-refractivity contribution in [3.8, 4) is 0 Å². The van der Waals surface area contributed by atoms with Crippen LogP contribution in [0.2, 0.25) is 0 Å². The number of hydrogen-bond acceptors (Lipinski definition) is 2. The van der Waals surface area contributed by atoms with Crippen molar-refractivity contribution in [2.45, 2.75) is 57.5 Å². The third-order valence-corrected chi connectivity index (χ3v) is 5.24. The molecule has 0 radical (unpaired) electrons. The van der Waals surface area contributed by atoms with Gasteiger partial charge in [0.2, 0.25) is 0 Å². The van der Waals surface area contributed by atoms with Gasteiger partial charge in [-0.15, -0.1) is 0 Å². The minimum atomic E-state index is -0.218. The second-order valence-electron chi connectivity index (χ2n) is 7.15. The SMILES string of the molecule is Cc1cc(CNC(=O)NCC2(N(C)C)CCCCCC2)ccc1F. The van der Waals surface area contributed by atoms with Gasteiger partial charge in [-0.25, -0.2) is 9.18 Å². The van der Waals surface area contributed by atoms with E-state index in [9.17, 15) is 9.18 Å². The van der Waals surface area contributed by atoms with Gasteiger partial charge in [-0.1, -0.05) is 37.8 Å². The number of amides is 2. The Labute approximate surface area is 144 Å². The fraction of sp³-hybridized carbons (Fsp3) is 0.632. The molecule has 2 amide bonds. The molecule has 0 unspecified atom stereocenters. The Bertz CT molecular complexity index is 552. The second-order valence-corrected chi connectivity index (χ2v) is 7.15. The fourth-order valence-corrected chi connectivity index (χ4v) is 3.48. The zero-order valence-corrected chi connectivity index (χ0v) is 15.1. The monoisotopic (exact) mass is 335 g/mol. The van der Waals surface area contributed by atoms with Crippen molar-refractivity contribution in [3.63, 3.8) is 0 Å². The lowest BCUT2D eigenvalue weighted by Gasteiger charge is -2.39. The molecule has 134 valence electrons. The van der Waals surface area contributed by atoms with Gasteiger partial charge in [0, 0.05) is 18.6 Å². The van der Waals surface area contributed by atoms with Crippen LogP contribution in [0.5, 0.6) is 0 Å². The van der Waals surface area contributed by atoms with Gasteiger partial charge >= 0.3 is 6.03 Å². The molecule has 0 atom stereocenters. The molecule has 0 bridgehead atoms. The predicted octanol–water partition coefficient (Wildman–Crippen LogP) is 3.59. The summed E-state index contributed by atoms with van der Waals surface area (Å²) in [6, 6.07) is 4.75. The summed E-state index contributed by atoms with van der Waals surface area (Å²) in [5.74, 6) is -0.218. The van der Waals surface area contributed by atoms with E-state index in [1.54, 1.807) is 19.1 Å². The summed E-state index contributed by atoms with van der Waals surface area (Å²) in [5, 5.41) is 5.90. The van der Waals surface area contributed by atoms with Crippen molar-refractivity contribution in [3.05, 3.63) is 35.1 Å². The molecule has 2 rings (SSSR count). The minimum absolute atomic E-state index is 0.0559. The first kappa shape index (κ1) is 18.7. The zero-order valence-electron chi connectivity index (χ0n) is 15.1. The average Bonchev–Trinajstić information content (AvgIpc) is 2.80. The molecular formula is C19H30FN3O. The van der Waals surface area contributed by atoms with Crippen molar-refractivity contribution in [1.29, 1.82) is 0 Å². The molecule has 0 aliphatic heterocycles. The summed E-state index contributed by atoms with van der Waals surface area (Å²) >= 11 is 0. The molecule has 24 heavy (non-hydrogen) atoms. The topological polar surface area (TPSA) is 44.4 Å². The first-order valence-corrected chi connectivity index (χ1v) is 8.87. The number of likely N-dealkylation sites (N-methyl/N-ethyl adjacent to an activating group) is 1. The molecule has 2 N–H and O–H groups in total. The van der Waals surface area contributed by atoms with E-state index >= 15 is 0 Å². The number of rotatable bonds is 5. The maximum absolute atomic E-state index is 13.3. The molecule has 1 aliphatic carbocycles. The van der Waals surface area contributed by atoms with E-state index in [1.807, 2.05) is 0 Å². The molecule has 1 aromatic carbocycles. The van der Waals surface area contributed by atoms with E-state index in [-0.39, 0.29) is 17.4 Å². The van der Waals surface area contributed by atoms with Crippen LogP contribution < -0.4 is 10.6 Å². The molecular weight excluding hydrogens is 305 g/mol. The Morgan fingerprint density at radius 1 is 1.17 bits per heavy atom. The Kier molecular flexibility index (Phi) is 6.60. The van der Waals surface area contributed by atoms with E-state index in [0.29, 0.717) is 18.7 Å². The lowest BCUT2D eigenvalue weighted by molar-refractivity contribution is 0.128. The van der Waals surface area contributed by atoms with Crippen LogP contribution in [0.1, 0.15) is 49.7 Å². The highest BCUT2D eigenvalue weighted by Crippen LogP contribution is 2.30. The van der Waals surface area contributed by atoms with Crippen LogP contribution in [0.25, 0.3) is 0 Å². The normalized spacial score (nSPS) is 17.4. The van der Waals surface area contributed by atoms with Gasteiger partial charge in [0.05, 0.1) is 0 Å². The molecule has 1 aliphatic rings. The van der Waals surface area contributed by atoms with Gasteiger partial charge in [0.1, 0.15) is 5.82 Å². The summed E-state index contributed by atoms with van der Waals surface area (Å²) in [7, 11) is 4.21. The van der Waals surface area contributed by atoms with Crippen LogP contribution in [0.3, 0.4) is 0 Å². The smallest absolute Gasteiger partial charge is 0.315 e. The molecule has 0 aromatic heterocycles. The summed E-state index contributed by atoms with van der Waals surface area (Å²) in [6.07, 6.45) is 7.25. The van der Waals surface area contributed by atoms with Crippen LogP contribution in [0.4, 0.5) is 9.18 Å². The van der Waals surface area contributed by atoms with Crippen molar-refractivity contribution < 1.29 is 9.18 Å². The molecule has 1 saturated carbocycles. The van der Waals surface area contributed by atoms with Gasteiger partial charge in [0.15, 0.2) is 0 Å². The molecule has 1 fully saturated rings. The third-order valence-electron chi connectivity index (χ3n) is 5.24. The van der Waals surface area contributed by atoms with Gasteiger partial charge < -0.3 is 15.5 Å². The maximum Gasteiger partial charge on any atom is 0.315 e. The number of benzene rings is 1. The van der Waals surface area contributed by atoms with E-state index in [1.165, 1.54) is 31.7 Å². The van der Waals surface area contributed by atoms with Gasteiger partial charge in [-0.05, 0) is 51.1 Å². The summed E-state index contributed by atoms with van der Waals surface area (Å²) in [5.41, 5.74) is 1.56. The zero-order chi connectivity index (χ0) is 17.6. The largest absolute Gasteiger partial charge is 0.336 e. The summed E-state index contributed by atoms with van der Waals surface area (Å²) in [6.45, 7) is 2.79. The quantitative estimate of drug-likeness (QED) is 0.808. The lowest BCUT2D eigenvalue weighted by atomic mass is 9.89. The number of nitrogens with zero attached hydrogens (tertiary/aromatic N) is 1. The first-order valence-electron chi connectivity index (χ1n) is 8.87. The van der Waals surface area contributed by atoms with Gasteiger partial charge in [0.25, 0.3) is 0 Å². The van der Waals surface area contributed by atoms with Crippen molar-refractivity contribution in [2.24, 2.45) is 0 Å². The number of hydrogen-bond donors (Lipinski definition) is 2. The highest BCUT2D eigenvalue weighted by Gasteiger charge is 2.33. The van der Waals surface area contributed by atoms with Crippen LogP contribution in [-0.4, -0.2) is 37.1 Å². The molecule has 0 heterocycles. The van der Waals surface area contributed by atoms with E-state index < -0.39 is 0 Å². The lowest BCUT2D eigenvalue weighted by Crippen LogP contribution is -2.53. The summed E-state index contributed by atoms with van der Waals surface area (Å²) in [4.78, 5) is 14.4. The number of aryl methyl sites for hydroxylation is 1. The fourth-order valence-electron chi connectivity index (χ4n) is 3.48. The van der Waals surface area contributed by atoms with Crippen LogP contribution in [0, 0.1) is 12.7 Å². The Balaban J connectivity index is 1.85. The van der Waals surface area contributed by atoms with Crippen molar-refractivity contribution in [1.82, 2.24) is 15.5 Å². The third kappa shape index (κ3) is 4.94. The molecule has 5 heteroatoms. The van der Waals surface area contributed by atoms with Crippen LogP contribution >= 0.6 is 0 Å². The molecule has 1 aromatic rings. The van der Waals surface area contributed by atoms with Crippen LogP contribution in [0.15, 0.2) is 18.2 Å². The number of carbonyl (C=O) groups is 1. The number of nitrogens with one attached hydrogen (secondary N) is 2. The van der Waals surface area contributed by atoms with E-state index in [2.05, 4.69) is 29.6 Å². The molecule has 0 saturated heterocycles. The minimum Gasteiger partial charge on any atom is -0.336 e. The highest BCUT2D eigenvalue weighted by molar-refractivity contribution is 5.73. The van der Waals surface area contributed by atoms with E-state index in [0.717, 1.165) is 18.4 Å². The summed E-state index contributed by atoms with van der Waals surface area (Å²) < 4.78 is 13.3. The number of carbonyl (C=O) groups excluding carboxylic acids is 1. The Morgan fingerprint density at radius 3 is 2.42 bits per heavy atom. The first-order chi connectivity index (χ1) is 11.4. The van der Waals surface area contributed by atoms with Gasteiger partial charge in [-0.3, -0.25) is 0 Å². The Hall–Kier alpha value is -1.62. The van der Waals surface area contributed by atoms with Crippen molar-refractivity contribution >= 4 is 6.03 Å². The molecule has 0 spiro atoms. The second kappa shape index (κ2) is 8.47. The molecule has 4 nitrogen and oxygen atoms in total. The predicted molar refractivity (Wildman–Crippen MR) is 95.5 cm³/mol. The number of urea groups is 1. The average molecular weight is 335 g/mol. The highest BCUT2D eigenvalue weighted by atomic mass is 19.1. The van der Waals surface area contributed by atoms with Crippen LogP contribution in [-0.2, 0) is 6.54 Å². The van der Waals surface area contributed by atoms with Crippen molar-refractivity contribution in [2.75, 3.05) is 20.6 Å². The van der Waals surface area contributed by atoms with E-state index in [4.69, 9.17) is 0 Å². The maximum atomic E-state index is 13.3. The standard InChI is InChI=1S/C19H30FN3O/c1-15-12-16(8-9-17(15)20)13-21-18(24)22-14-19(23(2)3)10-6-4-5-7-11-19/h8-9,12H,4-7,10-11,13-14H2,1-3H3,(H2,21,22,24).